The van der Waals surface area contributed by atoms with E-state index in [2.05, 4.69) is 20.2 Å². The normalized spacial score (nSPS) is 12.8. The number of aryl methyl sites for hydroxylation is 1. The van der Waals surface area contributed by atoms with Crippen LogP contribution in [0.15, 0.2) is 18.3 Å². The smallest absolute Gasteiger partial charge is 0.222 e. The lowest BCUT2D eigenvalue weighted by molar-refractivity contribution is 0.415. The van der Waals surface area contributed by atoms with Gasteiger partial charge in [-0.15, -0.1) is 0 Å². The molecule has 3 rings (SSSR count). The van der Waals surface area contributed by atoms with Crippen molar-refractivity contribution in [3.05, 3.63) is 29.8 Å². The maximum absolute atomic E-state index is 10.4. The van der Waals surface area contributed by atoms with Crippen LogP contribution < -0.4 is 10.5 Å². The fourth-order valence-electron chi connectivity index (χ4n) is 2.61. The van der Waals surface area contributed by atoms with Crippen molar-refractivity contribution in [1.82, 2.24) is 20.2 Å². The van der Waals surface area contributed by atoms with Crippen molar-refractivity contribution in [2.75, 3.05) is 7.11 Å². The Bertz CT molecular complexity index is 888. The van der Waals surface area contributed by atoms with Gasteiger partial charge in [-0.1, -0.05) is 13.8 Å². The number of nitrogens with two attached hydrogens (primary N) is 1. The highest BCUT2D eigenvalue weighted by atomic mass is 16.5. The third-order valence-electron chi connectivity index (χ3n) is 4.14. The maximum atomic E-state index is 10.4. The summed E-state index contributed by atoms with van der Waals surface area (Å²) in [5, 5.41) is 17.9. The van der Waals surface area contributed by atoms with Gasteiger partial charge < -0.3 is 15.6 Å². The molecule has 0 radical (unpaired) electrons. The predicted octanol–water partition coefficient (Wildman–Crippen LogP) is 2.70. The van der Waals surface area contributed by atoms with E-state index in [9.17, 15) is 5.11 Å². The molecule has 2 heterocycles. The quantitative estimate of drug-likeness (QED) is 0.679. The van der Waals surface area contributed by atoms with Crippen LogP contribution in [0, 0.1) is 12.8 Å². The molecule has 0 fully saturated rings. The van der Waals surface area contributed by atoms with Gasteiger partial charge in [-0.05, 0) is 30.5 Å². The van der Waals surface area contributed by atoms with Gasteiger partial charge in [0.2, 0.25) is 5.88 Å². The maximum Gasteiger partial charge on any atom is 0.222 e. The topological polar surface area (TPSA) is 110 Å². The summed E-state index contributed by atoms with van der Waals surface area (Å²) >= 11 is 0. The van der Waals surface area contributed by atoms with E-state index in [0.717, 1.165) is 16.8 Å². The summed E-state index contributed by atoms with van der Waals surface area (Å²) in [6.45, 7) is 5.87. The highest BCUT2D eigenvalue weighted by Gasteiger charge is 2.19. The van der Waals surface area contributed by atoms with E-state index in [4.69, 9.17) is 10.5 Å². The van der Waals surface area contributed by atoms with Gasteiger partial charge in [-0.25, -0.2) is 4.98 Å². The number of fused-ring (bicyclic) bond motifs is 1. The molecule has 0 aliphatic heterocycles. The number of aromatic nitrogens is 4. The van der Waals surface area contributed by atoms with Crippen LogP contribution >= 0.6 is 0 Å². The van der Waals surface area contributed by atoms with Gasteiger partial charge in [0.1, 0.15) is 17.1 Å². The Hall–Kier alpha value is -2.67. The number of ether oxygens (including phenoxy) is 1. The van der Waals surface area contributed by atoms with Crippen LogP contribution in [0.25, 0.3) is 22.0 Å². The third kappa shape index (κ3) is 2.67. The molecule has 0 bridgehead atoms. The Kier molecular flexibility index (Phi) is 4.11. The van der Waals surface area contributed by atoms with Gasteiger partial charge in [-0.3, -0.25) is 5.10 Å². The summed E-state index contributed by atoms with van der Waals surface area (Å²) in [6, 6.07) is 3.34. The first kappa shape index (κ1) is 16.2. The largest absolute Gasteiger partial charge is 0.494 e. The van der Waals surface area contributed by atoms with Crippen LogP contribution in [0.4, 0.5) is 0 Å². The average molecular weight is 327 g/mol. The molecule has 3 aromatic rings. The van der Waals surface area contributed by atoms with Crippen LogP contribution in [-0.4, -0.2) is 32.4 Å². The fourth-order valence-corrected chi connectivity index (χ4v) is 2.61. The van der Waals surface area contributed by atoms with Crippen molar-refractivity contribution in [2.45, 2.75) is 26.8 Å². The minimum absolute atomic E-state index is 0.104. The van der Waals surface area contributed by atoms with Crippen LogP contribution in [0.1, 0.15) is 31.4 Å². The molecule has 7 heteroatoms. The molecule has 2 aromatic heterocycles. The monoisotopic (exact) mass is 327 g/mol. The number of nitrogens with one attached hydrogen (secondary N) is 1. The predicted molar refractivity (Wildman–Crippen MR) is 91.8 cm³/mol. The summed E-state index contributed by atoms with van der Waals surface area (Å²) in [7, 11) is 1.57. The highest BCUT2D eigenvalue weighted by Crippen LogP contribution is 2.36. The third-order valence-corrected chi connectivity index (χ3v) is 4.14. The number of hydrogen-bond donors (Lipinski definition) is 3. The van der Waals surface area contributed by atoms with Crippen LogP contribution in [0.5, 0.6) is 11.6 Å². The number of aromatic hydroxyl groups is 1. The molecule has 126 valence electrons. The van der Waals surface area contributed by atoms with Crippen molar-refractivity contribution in [2.24, 2.45) is 11.7 Å². The van der Waals surface area contributed by atoms with Gasteiger partial charge in [-0.2, -0.15) is 10.1 Å². The zero-order valence-corrected chi connectivity index (χ0v) is 14.2. The molecule has 0 amide bonds. The lowest BCUT2D eigenvalue weighted by atomic mass is 10.0. The minimum atomic E-state index is -0.360. The van der Waals surface area contributed by atoms with Crippen molar-refractivity contribution >= 4 is 10.9 Å². The van der Waals surface area contributed by atoms with Crippen molar-refractivity contribution in [3.63, 3.8) is 0 Å². The number of H-pyrrole nitrogens is 1. The van der Waals surface area contributed by atoms with E-state index in [1.807, 2.05) is 32.9 Å². The first-order valence-electron chi connectivity index (χ1n) is 7.77. The van der Waals surface area contributed by atoms with Crippen LogP contribution in [-0.2, 0) is 0 Å². The Morgan fingerprint density at radius 2 is 2.00 bits per heavy atom. The molecule has 24 heavy (non-hydrogen) atoms. The molecule has 0 spiro atoms. The standard InChI is InChI=1S/C17H21N5O2/c1-8(2)14(18)16-20-15-11(17(23)21-16)5-10(6-13(15)24-4)12-7-19-22-9(12)3/h5-8,14H,18H2,1-4H3,(H,19,22)(H,20,21,23)/t14-/m0/s1. The Balaban J connectivity index is 2.25. The lowest BCUT2D eigenvalue weighted by Gasteiger charge is -2.16. The zero-order valence-electron chi connectivity index (χ0n) is 14.2. The number of hydrogen-bond acceptors (Lipinski definition) is 6. The van der Waals surface area contributed by atoms with Crippen LogP contribution in [0.3, 0.4) is 0 Å². The SMILES string of the molecule is COc1cc(-c2c[nH]nc2C)cc2c(O)nc([C@@H](N)C(C)C)nc12. The van der Waals surface area contributed by atoms with Crippen molar-refractivity contribution in [3.8, 4) is 22.8 Å². The first-order valence-corrected chi connectivity index (χ1v) is 7.77. The van der Waals surface area contributed by atoms with E-state index < -0.39 is 0 Å². The van der Waals surface area contributed by atoms with Gasteiger partial charge in [0.15, 0.2) is 0 Å². The van der Waals surface area contributed by atoms with Crippen molar-refractivity contribution in [1.29, 1.82) is 0 Å². The first-order chi connectivity index (χ1) is 11.4. The summed E-state index contributed by atoms with van der Waals surface area (Å²) in [5.41, 5.74) is 9.32. The molecule has 1 atom stereocenters. The lowest BCUT2D eigenvalue weighted by Crippen LogP contribution is -2.19. The summed E-state index contributed by atoms with van der Waals surface area (Å²) in [4.78, 5) is 8.71. The van der Waals surface area contributed by atoms with Gasteiger partial charge in [0, 0.05) is 11.8 Å². The molecular weight excluding hydrogens is 306 g/mol. The van der Waals surface area contributed by atoms with E-state index in [1.54, 1.807) is 13.3 Å². The molecule has 7 nitrogen and oxygen atoms in total. The Morgan fingerprint density at radius 3 is 2.58 bits per heavy atom. The highest BCUT2D eigenvalue weighted by molar-refractivity contribution is 5.93. The van der Waals surface area contributed by atoms with Gasteiger partial charge in [0.25, 0.3) is 0 Å². The molecule has 0 saturated heterocycles. The van der Waals surface area contributed by atoms with E-state index in [-0.39, 0.29) is 17.8 Å². The zero-order chi connectivity index (χ0) is 17.4. The summed E-state index contributed by atoms with van der Waals surface area (Å²) in [6.07, 6.45) is 1.80. The number of methoxy groups -OCH3 is 1. The summed E-state index contributed by atoms with van der Waals surface area (Å²) < 4.78 is 5.48. The molecule has 0 aliphatic rings. The van der Waals surface area contributed by atoms with E-state index in [0.29, 0.717) is 22.5 Å². The number of rotatable bonds is 4. The second-order valence-corrected chi connectivity index (χ2v) is 6.13. The van der Waals surface area contributed by atoms with Crippen molar-refractivity contribution < 1.29 is 9.84 Å². The molecule has 1 aromatic carbocycles. The fraction of sp³-hybridized carbons (Fsp3) is 0.353. The van der Waals surface area contributed by atoms with Gasteiger partial charge >= 0.3 is 0 Å². The molecule has 0 saturated carbocycles. The molecule has 0 aliphatic carbocycles. The number of nitrogens with zero attached hydrogens (tertiary/aromatic N) is 3. The Morgan fingerprint density at radius 1 is 1.25 bits per heavy atom. The molecule has 4 N–H and O–H groups in total. The van der Waals surface area contributed by atoms with Crippen LogP contribution in [0.2, 0.25) is 0 Å². The summed E-state index contributed by atoms with van der Waals surface area (Å²) in [5.74, 6) is 1.01. The second kappa shape index (κ2) is 6.09. The van der Waals surface area contributed by atoms with Gasteiger partial charge in [0.05, 0.1) is 24.2 Å². The molecular formula is C17H21N5O2. The minimum Gasteiger partial charge on any atom is -0.494 e. The average Bonchev–Trinajstić information content (AvgIpc) is 2.99. The van der Waals surface area contributed by atoms with E-state index in [1.165, 1.54) is 0 Å². The van der Waals surface area contributed by atoms with E-state index >= 15 is 0 Å². The Labute approximate surface area is 139 Å². The number of benzene rings is 1. The number of aromatic amines is 1. The second-order valence-electron chi connectivity index (χ2n) is 6.13. The molecule has 0 unspecified atom stereocenters.